The Morgan fingerprint density at radius 3 is 2.68 bits per heavy atom. The molecule has 2 heterocycles. The standard InChI is InChI=1S/C17H17N7O/c18-15-10-22-14(9-23-15)17(25)24-12-4-1-3-11(7-12)8-21-13-5-2-6-20-16(13)19/h1-7,9-10,21H,8H2,(H2,18,23)(H2,19,20)(H,24,25). The normalized spacial score (nSPS) is 10.2. The van der Waals surface area contributed by atoms with E-state index in [1.807, 2.05) is 30.3 Å². The number of hydrogen-bond donors (Lipinski definition) is 4. The Morgan fingerprint density at radius 1 is 1.04 bits per heavy atom. The summed E-state index contributed by atoms with van der Waals surface area (Å²) in [5, 5.41) is 5.99. The van der Waals surface area contributed by atoms with Crippen molar-refractivity contribution in [1.29, 1.82) is 0 Å². The average molecular weight is 335 g/mol. The van der Waals surface area contributed by atoms with Crippen LogP contribution in [-0.2, 0) is 6.54 Å². The lowest BCUT2D eigenvalue weighted by atomic mass is 10.2. The van der Waals surface area contributed by atoms with Crippen molar-refractivity contribution < 1.29 is 4.79 Å². The zero-order valence-electron chi connectivity index (χ0n) is 13.3. The van der Waals surface area contributed by atoms with E-state index >= 15 is 0 Å². The lowest BCUT2D eigenvalue weighted by Crippen LogP contribution is -2.14. The smallest absolute Gasteiger partial charge is 0.275 e. The second-order valence-electron chi connectivity index (χ2n) is 5.27. The van der Waals surface area contributed by atoms with Gasteiger partial charge in [-0.25, -0.2) is 15.0 Å². The Labute approximate surface area is 144 Å². The van der Waals surface area contributed by atoms with Crippen molar-refractivity contribution in [2.24, 2.45) is 0 Å². The number of hydrogen-bond acceptors (Lipinski definition) is 7. The maximum atomic E-state index is 12.2. The van der Waals surface area contributed by atoms with Crippen LogP contribution in [-0.4, -0.2) is 20.9 Å². The molecule has 1 aromatic carbocycles. The third kappa shape index (κ3) is 4.20. The summed E-state index contributed by atoms with van der Waals surface area (Å²) in [6.45, 7) is 0.543. The molecule has 3 aromatic rings. The number of aromatic nitrogens is 3. The molecular weight excluding hydrogens is 318 g/mol. The molecule has 0 unspecified atom stereocenters. The van der Waals surface area contributed by atoms with Crippen molar-refractivity contribution in [2.45, 2.75) is 6.54 Å². The Bertz CT molecular complexity index is 880. The van der Waals surface area contributed by atoms with E-state index in [9.17, 15) is 4.79 Å². The largest absolute Gasteiger partial charge is 0.382 e. The summed E-state index contributed by atoms with van der Waals surface area (Å²) < 4.78 is 0. The summed E-state index contributed by atoms with van der Waals surface area (Å²) in [6.07, 6.45) is 4.31. The van der Waals surface area contributed by atoms with Gasteiger partial charge in [0.2, 0.25) is 0 Å². The van der Waals surface area contributed by atoms with E-state index in [1.54, 1.807) is 12.3 Å². The molecule has 0 aliphatic rings. The topological polar surface area (TPSA) is 132 Å². The van der Waals surface area contributed by atoms with Gasteiger partial charge in [-0.3, -0.25) is 4.79 Å². The molecular formula is C17H17N7O. The molecule has 0 radical (unpaired) electrons. The van der Waals surface area contributed by atoms with Crippen LogP contribution in [0.15, 0.2) is 55.0 Å². The van der Waals surface area contributed by atoms with Crippen LogP contribution in [0.5, 0.6) is 0 Å². The summed E-state index contributed by atoms with van der Waals surface area (Å²) in [4.78, 5) is 24.0. The fourth-order valence-electron chi connectivity index (χ4n) is 2.17. The lowest BCUT2D eigenvalue weighted by Gasteiger charge is -2.10. The second-order valence-corrected chi connectivity index (χ2v) is 5.27. The van der Waals surface area contributed by atoms with Crippen LogP contribution in [0.4, 0.5) is 23.0 Å². The van der Waals surface area contributed by atoms with Gasteiger partial charge in [-0.05, 0) is 29.8 Å². The number of nitrogens with zero attached hydrogens (tertiary/aromatic N) is 3. The molecule has 25 heavy (non-hydrogen) atoms. The van der Waals surface area contributed by atoms with E-state index in [0.29, 0.717) is 18.1 Å². The molecule has 0 saturated heterocycles. The zero-order valence-corrected chi connectivity index (χ0v) is 13.3. The Hall–Kier alpha value is -3.68. The predicted molar refractivity (Wildman–Crippen MR) is 96.8 cm³/mol. The molecule has 0 bridgehead atoms. The summed E-state index contributed by atoms with van der Waals surface area (Å²) in [7, 11) is 0. The quantitative estimate of drug-likeness (QED) is 0.560. The number of nitrogens with two attached hydrogens (primary N) is 2. The highest BCUT2D eigenvalue weighted by molar-refractivity contribution is 6.02. The maximum Gasteiger partial charge on any atom is 0.275 e. The van der Waals surface area contributed by atoms with Gasteiger partial charge in [0.15, 0.2) is 0 Å². The molecule has 0 aliphatic heterocycles. The van der Waals surface area contributed by atoms with Crippen LogP contribution in [0.3, 0.4) is 0 Å². The first-order valence-electron chi connectivity index (χ1n) is 7.54. The number of carbonyl (C=O) groups excluding carboxylic acids is 1. The first-order chi connectivity index (χ1) is 12.1. The Morgan fingerprint density at radius 2 is 1.92 bits per heavy atom. The van der Waals surface area contributed by atoms with Crippen LogP contribution in [0, 0.1) is 0 Å². The highest BCUT2D eigenvalue weighted by atomic mass is 16.1. The van der Waals surface area contributed by atoms with Crippen LogP contribution >= 0.6 is 0 Å². The van der Waals surface area contributed by atoms with E-state index in [4.69, 9.17) is 11.5 Å². The fraction of sp³-hybridized carbons (Fsp3) is 0.0588. The summed E-state index contributed by atoms with van der Waals surface area (Å²) in [5.41, 5.74) is 13.9. The molecule has 8 heteroatoms. The first-order valence-corrected chi connectivity index (χ1v) is 7.54. The third-order valence-electron chi connectivity index (χ3n) is 3.41. The summed E-state index contributed by atoms with van der Waals surface area (Å²) in [6, 6.07) is 11.1. The minimum Gasteiger partial charge on any atom is -0.382 e. The van der Waals surface area contributed by atoms with Crippen molar-refractivity contribution in [2.75, 3.05) is 22.1 Å². The van der Waals surface area contributed by atoms with Crippen LogP contribution in [0.1, 0.15) is 16.1 Å². The molecule has 126 valence electrons. The number of benzene rings is 1. The number of carbonyl (C=O) groups is 1. The van der Waals surface area contributed by atoms with E-state index in [-0.39, 0.29) is 17.4 Å². The van der Waals surface area contributed by atoms with Gasteiger partial charge in [-0.1, -0.05) is 12.1 Å². The number of pyridine rings is 1. The molecule has 2 aromatic heterocycles. The molecule has 1 amide bonds. The van der Waals surface area contributed by atoms with Gasteiger partial charge in [-0.2, -0.15) is 0 Å². The van der Waals surface area contributed by atoms with Gasteiger partial charge in [0.05, 0.1) is 18.1 Å². The highest BCUT2D eigenvalue weighted by Crippen LogP contribution is 2.17. The van der Waals surface area contributed by atoms with Crippen molar-refractivity contribution in [1.82, 2.24) is 15.0 Å². The van der Waals surface area contributed by atoms with Crippen LogP contribution in [0.25, 0.3) is 0 Å². The Kier molecular flexibility index (Phi) is 4.70. The van der Waals surface area contributed by atoms with E-state index in [0.717, 1.165) is 11.3 Å². The monoisotopic (exact) mass is 335 g/mol. The molecule has 8 nitrogen and oxygen atoms in total. The molecule has 0 saturated carbocycles. The molecule has 0 spiro atoms. The van der Waals surface area contributed by atoms with Crippen molar-refractivity contribution in [3.05, 3.63) is 66.2 Å². The third-order valence-corrected chi connectivity index (χ3v) is 3.41. The molecule has 3 rings (SSSR count). The number of rotatable bonds is 5. The van der Waals surface area contributed by atoms with E-state index < -0.39 is 0 Å². The predicted octanol–water partition coefficient (Wildman–Crippen LogP) is 1.90. The second kappa shape index (κ2) is 7.26. The summed E-state index contributed by atoms with van der Waals surface area (Å²) >= 11 is 0. The maximum absolute atomic E-state index is 12.2. The van der Waals surface area contributed by atoms with Crippen molar-refractivity contribution >= 4 is 28.9 Å². The molecule has 6 N–H and O–H groups in total. The molecule has 0 fully saturated rings. The minimum absolute atomic E-state index is 0.195. The average Bonchev–Trinajstić information content (AvgIpc) is 2.62. The zero-order chi connectivity index (χ0) is 17.6. The van der Waals surface area contributed by atoms with Gasteiger partial charge in [0.1, 0.15) is 17.3 Å². The van der Waals surface area contributed by atoms with Gasteiger partial charge in [0.25, 0.3) is 5.91 Å². The number of anilines is 4. The minimum atomic E-state index is -0.353. The van der Waals surface area contributed by atoms with Gasteiger partial charge in [0, 0.05) is 18.4 Å². The van der Waals surface area contributed by atoms with Gasteiger partial charge < -0.3 is 22.1 Å². The Balaban J connectivity index is 1.66. The number of nitrogens with one attached hydrogen (secondary N) is 2. The summed E-state index contributed by atoms with van der Waals surface area (Å²) in [5.74, 6) is 0.349. The van der Waals surface area contributed by atoms with Crippen LogP contribution in [0.2, 0.25) is 0 Å². The number of nitrogen functional groups attached to an aromatic ring is 2. The van der Waals surface area contributed by atoms with Crippen molar-refractivity contribution in [3.8, 4) is 0 Å². The molecule has 0 aliphatic carbocycles. The lowest BCUT2D eigenvalue weighted by molar-refractivity contribution is 0.102. The first kappa shape index (κ1) is 16.2. The van der Waals surface area contributed by atoms with E-state index in [2.05, 4.69) is 25.6 Å². The SMILES string of the molecule is Nc1cnc(C(=O)Nc2cccc(CNc3cccnc3N)c2)cn1. The molecule has 0 atom stereocenters. The van der Waals surface area contributed by atoms with E-state index in [1.165, 1.54) is 12.4 Å². The highest BCUT2D eigenvalue weighted by Gasteiger charge is 2.08. The van der Waals surface area contributed by atoms with Gasteiger partial charge >= 0.3 is 0 Å². The van der Waals surface area contributed by atoms with Crippen LogP contribution < -0.4 is 22.1 Å². The number of amides is 1. The van der Waals surface area contributed by atoms with Crippen molar-refractivity contribution in [3.63, 3.8) is 0 Å². The fourth-order valence-corrected chi connectivity index (χ4v) is 2.17. The van der Waals surface area contributed by atoms with Gasteiger partial charge in [-0.15, -0.1) is 0 Å².